The molecule has 0 bridgehead atoms. The first-order valence-electron chi connectivity index (χ1n) is 9.28. The van der Waals surface area contributed by atoms with Crippen LogP contribution in [0.2, 0.25) is 0 Å². The first kappa shape index (κ1) is 18.8. The lowest BCUT2D eigenvalue weighted by atomic mass is 10.1. The normalized spacial score (nSPS) is 12.2. The Morgan fingerprint density at radius 3 is 2.81 bits per heavy atom. The summed E-state index contributed by atoms with van der Waals surface area (Å²) in [5.41, 5.74) is 1.40. The molecule has 0 fully saturated rings. The van der Waals surface area contributed by atoms with Gasteiger partial charge < -0.3 is 5.32 Å². The molecule has 1 N–H and O–H groups in total. The van der Waals surface area contributed by atoms with Gasteiger partial charge in [-0.15, -0.1) is 0 Å². The fourth-order valence-corrected chi connectivity index (χ4v) is 3.09. The van der Waals surface area contributed by atoms with Gasteiger partial charge in [-0.1, -0.05) is 30.3 Å². The topological polar surface area (TPSA) is 81.3 Å². The molecular formula is C20H25N5O2. The monoisotopic (exact) mass is 367 g/mol. The van der Waals surface area contributed by atoms with Crippen molar-refractivity contribution in [2.45, 2.75) is 52.1 Å². The highest BCUT2D eigenvalue weighted by Crippen LogP contribution is 2.05. The summed E-state index contributed by atoms with van der Waals surface area (Å²) in [4.78, 5) is 28.6. The molecule has 2 aromatic heterocycles. The summed E-state index contributed by atoms with van der Waals surface area (Å²) < 4.78 is 3.06. The smallest absolute Gasteiger partial charge is 0.310 e. The number of aryl methyl sites for hydroxylation is 3. The average Bonchev–Trinajstić information content (AvgIpc) is 3.15. The zero-order valence-electron chi connectivity index (χ0n) is 15.8. The van der Waals surface area contributed by atoms with Crippen LogP contribution >= 0.6 is 0 Å². The molecule has 1 atom stereocenters. The summed E-state index contributed by atoms with van der Waals surface area (Å²) >= 11 is 0. The van der Waals surface area contributed by atoms with Gasteiger partial charge in [0.2, 0.25) is 11.6 Å². The number of nitrogens with one attached hydrogen (secondary N) is 1. The van der Waals surface area contributed by atoms with E-state index in [1.807, 2.05) is 32.0 Å². The molecule has 0 spiro atoms. The van der Waals surface area contributed by atoms with Gasteiger partial charge in [-0.2, -0.15) is 5.10 Å². The highest BCUT2D eigenvalue weighted by Gasteiger charge is 2.10. The number of hydrogen-bond acceptors (Lipinski definition) is 4. The third-order valence-corrected chi connectivity index (χ3v) is 4.57. The number of carbonyl (C=O) groups excluding carboxylic acids is 1. The van der Waals surface area contributed by atoms with Gasteiger partial charge in [0.15, 0.2) is 0 Å². The third kappa shape index (κ3) is 4.81. The zero-order chi connectivity index (χ0) is 19.2. The molecule has 0 aliphatic heterocycles. The Morgan fingerprint density at radius 1 is 1.26 bits per heavy atom. The number of amides is 1. The van der Waals surface area contributed by atoms with Crippen molar-refractivity contribution in [2.24, 2.45) is 0 Å². The van der Waals surface area contributed by atoms with Gasteiger partial charge in [-0.05, 0) is 38.7 Å². The molecule has 0 aliphatic carbocycles. The summed E-state index contributed by atoms with van der Waals surface area (Å²) in [6, 6.07) is 10.4. The van der Waals surface area contributed by atoms with Gasteiger partial charge in [0.05, 0.1) is 0 Å². The Kier molecular flexibility index (Phi) is 6.01. The lowest BCUT2D eigenvalue weighted by molar-refractivity contribution is -0.121. The van der Waals surface area contributed by atoms with Gasteiger partial charge in [0.25, 0.3) is 0 Å². The summed E-state index contributed by atoms with van der Waals surface area (Å²) in [6.45, 7) is 4.24. The van der Waals surface area contributed by atoms with E-state index in [-0.39, 0.29) is 17.5 Å². The Labute approximate surface area is 158 Å². The second kappa shape index (κ2) is 8.62. The Morgan fingerprint density at radius 2 is 2.04 bits per heavy atom. The molecule has 0 saturated heterocycles. The highest BCUT2D eigenvalue weighted by atomic mass is 16.1. The van der Waals surface area contributed by atoms with Gasteiger partial charge >= 0.3 is 5.56 Å². The second-order valence-corrected chi connectivity index (χ2v) is 6.79. The Hall–Kier alpha value is -2.96. The molecule has 2 heterocycles. The number of benzene rings is 1. The molecule has 0 saturated carbocycles. The molecule has 3 rings (SSSR count). The van der Waals surface area contributed by atoms with E-state index in [0.29, 0.717) is 30.9 Å². The van der Waals surface area contributed by atoms with Crippen molar-refractivity contribution in [1.82, 2.24) is 24.5 Å². The van der Waals surface area contributed by atoms with E-state index in [4.69, 9.17) is 0 Å². The molecule has 7 heteroatoms. The summed E-state index contributed by atoms with van der Waals surface area (Å²) in [5, 5.41) is 7.31. The molecule has 1 unspecified atom stereocenters. The zero-order valence-corrected chi connectivity index (χ0v) is 15.8. The largest absolute Gasteiger partial charge is 0.354 e. The van der Waals surface area contributed by atoms with Crippen LogP contribution in [0, 0.1) is 6.92 Å². The molecular weight excluding hydrogens is 342 g/mol. The first-order valence-corrected chi connectivity index (χ1v) is 9.28. The van der Waals surface area contributed by atoms with Crippen LogP contribution in [-0.4, -0.2) is 31.1 Å². The van der Waals surface area contributed by atoms with Crippen molar-refractivity contribution in [1.29, 1.82) is 0 Å². The minimum absolute atomic E-state index is 0.00206. The van der Waals surface area contributed by atoms with Crippen molar-refractivity contribution in [3.05, 3.63) is 64.5 Å². The number of nitrogens with zero attached hydrogens (tertiary/aromatic N) is 4. The fraction of sp³-hybridized carbons (Fsp3) is 0.400. The van der Waals surface area contributed by atoms with E-state index in [1.54, 1.807) is 16.8 Å². The summed E-state index contributed by atoms with van der Waals surface area (Å²) in [6.07, 6.45) is 6.05. The van der Waals surface area contributed by atoms with Gasteiger partial charge in [0, 0.05) is 31.4 Å². The van der Waals surface area contributed by atoms with Crippen molar-refractivity contribution >= 4 is 11.6 Å². The minimum atomic E-state index is -0.234. The van der Waals surface area contributed by atoms with Crippen LogP contribution in [0.4, 0.5) is 0 Å². The highest BCUT2D eigenvalue weighted by molar-refractivity contribution is 5.76. The fourth-order valence-electron chi connectivity index (χ4n) is 3.09. The molecule has 1 aromatic carbocycles. The number of imidazole rings is 1. The molecule has 27 heavy (non-hydrogen) atoms. The number of carbonyl (C=O) groups is 1. The molecule has 1 amide bonds. The van der Waals surface area contributed by atoms with Crippen LogP contribution in [0.1, 0.15) is 37.6 Å². The molecule has 142 valence electrons. The second-order valence-electron chi connectivity index (χ2n) is 6.79. The molecule has 0 radical (unpaired) electrons. The molecule has 7 nitrogen and oxygen atoms in total. The van der Waals surface area contributed by atoms with E-state index in [0.717, 1.165) is 12.8 Å². The number of hydrogen-bond donors (Lipinski definition) is 1. The Balaban J connectivity index is 1.45. The minimum Gasteiger partial charge on any atom is -0.354 e. The van der Waals surface area contributed by atoms with Crippen molar-refractivity contribution in [3.63, 3.8) is 0 Å². The Bertz CT molecular complexity index is 961. The first-order chi connectivity index (χ1) is 13.0. The maximum Gasteiger partial charge on any atom is 0.310 e. The molecule has 0 aliphatic rings. The summed E-state index contributed by atoms with van der Waals surface area (Å²) in [5.74, 6) is 0.698. The van der Waals surface area contributed by atoms with Crippen molar-refractivity contribution < 1.29 is 4.79 Å². The van der Waals surface area contributed by atoms with E-state index in [1.165, 1.54) is 10.2 Å². The maximum atomic E-state index is 12.3. The average molecular weight is 367 g/mol. The van der Waals surface area contributed by atoms with Crippen LogP contribution in [0.15, 0.2) is 47.5 Å². The third-order valence-electron chi connectivity index (χ3n) is 4.57. The van der Waals surface area contributed by atoms with Crippen molar-refractivity contribution in [2.75, 3.05) is 0 Å². The van der Waals surface area contributed by atoms with Crippen LogP contribution < -0.4 is 10.9 Å². The SMILES string of the molecule is Cc1nn(CCCC(=O)NC(C)CCc2ccccc2)c(=O)c2nccn12. The quantitative estimate of drug-likeness (QED) is 0.661. The van der Waals surface area contributed by atoms with E-state index in [2.05, 4.69) is 27.5 Å². The van der Waals surface area contributed by atoms with E-state index >= 15 is 0 Å². The van der Waals surface area contributed by atoms with E-state index in [9.17, 15) is 9.59 Å². The van der Waals surface area contributed by atoms with Crippen LogP contribution in [0.3, 0.4) is 0 Å². The van der Waals surface area contributed by atoms with Crippen LogP contribution in [0.5, 0.6) is 0 Å². The maximum absolute atomic E-state index is 12.3. The molecule has 3 aromatic rings. The predicted molar refractivity (Wildman–Crippen MR) is 104 cm³/mol. The standard InChI is InChI=1S/C20H25N5O2/c1-15(10-11-17-7-4-3-5-8-17)22-18(26)9-6-13-25-20(27)19-21-12-14-24(19)16(2)23-25/h3-5,7-8,12,14-15H,6,9-11,13H2,1-2H3,(H,22,26). The predicted octanol–water partition coefficient (Wildman–Crippen LogP) is 2.12. The lowest BCUT2D eigenvalue weighted by Crippen LogP contribution is -2.33. The van der Waals surface area contributed by atoms with Crippen LogP contribution in [-0.2, 0) is 17.8 Å². The van der Waals surface area contributed by atoms with Gasteiger partial charge in [-0.25, -0.2) is 9.67 Å². The number of fused-ring (bicyclic) bond motifs is 1. The number of rotatable bonds is 8. The van der Waals surface area contributed by atoms with Crippen LogP contribution in [0.25, 0.3) is 5.65 Å². The lowest BCUT2D eigenvalue weighted by Gasteiger charge is -2.14. The van der Waals surface area contributed by atoms with Gasteiger partial charge in [0.1, 0.15) is 5.82 Å². The summed E-state index contributed by atoms with van der Waals surface area (Å²) in [7, 11) is 0. The number of aromatic nitrogens is 4. The van der Waals surface area contributed by atoms with Crippen molar-refractivity contribution in [3.8, 4) is 0 Å². The van der Waals surface area contributed by atoms with Gasteiger partial charge in [-0.3, -0.25) is 14.0 Å². The van der Waals surface area contributed by atoms with E-state index < -0.39 is 0 Å².